The van der Waals surface area contributed by atoms with E-state index in [1.165, 1.54) is 28.1 Å². The molecule has 0 spiro atoms. The van der Waals surface area contributed by atoms with Crippen molar-refractivity contribution in [3.63, 3.8) is 0 Å². The second-order valence-corrected chi connectivity index (χ2v) is 26.8. The van der Waals surface area contributed by atoms with Gasteiger partial charge in [-0.05, 0) is 90.4 Å². The van der Waals surface area contributed by atoms with E-state index in [2.05, 4.69) is 13.0 Å². The zero-order chi connectivity index (χ0) is 63.4. The van der Waals surface area contributed by atoms with Crippen molar-refractivity contribution in [2.24, 2.45) is 34.5 Å². The van der Waals surface area contributed by atoms with Gasteiger partial charge >= 0.3 is 11.9 Å². The van der Waals surface area contributed by atoms with Crippen molar-refractivity contribution in [1.82, 2.24) is 0 Å². The normalized spacial score (nSPS) is 49.2. The van der Waals surface area contributed by atoms with Gasteiger partial charge < -0.3 is 106 Å². The van der Waals surface area contributed by atoms with Crippen molar-refractivity contribution in [2.45, 2.75) is 293 Å². The lowest BCUT2D eigenvalue weighted by Gasteiger charge is -2.64. The van der Waals surface area contributed by atoms with Crippen LogP contribution in [0.4, 0.5) is 0 Å². The number of ether oxygens (including phenoxy) is 16. The zero-order valence-corrected chi connectivity index (χ0v) is 53.0. The number of rotatable bonds is 20. The minimum absolute atomic E-state index is 0.000575. The van der Waals surface area contributed by atoms with Crippen LogP contribution in [0, 0.1) is 34.5 Å². The maximum absolute atomic E-state index is 13.6. The van der Waals surface area contributed by atoms with E-state index < -0.39 is 194 Å². The van der Waals surface area contributed by atoms with Crippen LogP contribution in [0.2, 0.25) is 0 Å². The number of esters is 2. The van der Waals surface area contributed by atoms with Crippen LogP contribution in [0.15, 0.2) is 11.6 Å². The highest BCUT2D eigenvalue weighted by Gasteiger charge is 2.75. The van der Waals surface area contributed by atoms with Crippen molar-refractivity contribution in [1.29, 1.82) is 0 Å². The number of aliphatic hydroxyl groups is 6. The molecule has 0 radical (unpaired) electrons. The van der Waals surface area contributed by atoms with Gasteiger partial charge in [0.05, 0.1) is 61.0 Å². The van der Waals surface area contributed by atoms with E-state index in [9.17, 15) is 45.0 Å². The lowest BCUT2D eigenvalue weighted by atomic mass is 9.44. The topological polar surface area (TPSA) is 320 Å². The fourth-order valence-corrected chi connectivity index (χ4v) is 16.6. The third-order valence-electron chi connectivity index (χ3n) is 21.1. The molecule has 0 aromatic rings. The van der Waals surface area contributed by atoms with Gasteiger partial charge in [-0.1, -0.05) is 39.3 Å². The summed E-state index contributed by atoms with van der Waals surface area (Å²) in [6.07, 6.45) is -16.4. The summed E-state index contributed by atoms with van der Waals surface area (Å²) in [6, 6.07) is 0. The Hall–Kier alpha value is -2.45. The van der Waals surface area contributed by atoms with E-state index in [0.29, 0.717) is 51.4 Å². The van der Waals surface area contributed by atoms with E-state index in [1.807, 2.05) is 34.6 Å². The predicted octanol–water partition coefficient (Wildman–Crippen LogP) is 2.68. The van der Waals surface area contributed by atoms with Gasteiger partial charge in [0.15, 0.2) is 31.5 Å². The molecule has 0 amide bonds. The number of methoxy groups -OCH3 is 4. The van der Waals surface area contributed by atoms with Gasteiger partial charge in [0, 0.05) is 78.3 Å². The maximum atomic E-state index is 13.6. The van der Waals surface area contributed by atoms with Gasteiger partial charge in [0.1, 0.15) is 79.0 Å². The molecule has 0 aromatic heterocycles. The number of hydrogen-bond donors (Lipinski definition) is 6. The molecule has 87 heavy (non-hydrogen) atoms. The first kappa shape index (κ1) is 68.9. The minimum Gasteiger partial charge on any atom is -0.458 e. The van der Waals surface area contributed by atoms with Crippen molar-refractivity contribution in [3.8, 4) is 0 Å². The van der Waals surface area contributed by atoms with Crippen LogP contribution in [0.3, 0.4) is 0 Å². The fourth-order valence-electron chi connectivity index (χ4n) is 16.6. The van der Waals surface area contributed by atoms with Gasteiger partial charge in [0.2, 0.25) is 0 Å². The molecule has 0 bridgehead atoms. The van der Waals surface area contributed by atoms with Gasteiger partial charge in [-0.25, -0.2) is 0 Å². The summed E-state index contributed by atoms with van der Waals surface area (Å²) in [6.45, 7) is 17.3. The van der Waals surface area contributed by atoms with Crippen LogP contribution in [0.1, 0.15) is 133 Å². The number of aliphatic hydroxyl groups excluding tert-OH is 5. The molecule has 498 valence electrons. The summed E-state index contributed by atoms with van der Waals surface area (Å²) in [5, 5.41) is 65.6. The van der Waals surface area contributed by atoms with E-state index in [4.69, 9.17) is 75.8 Å². The largest absolute Gasteiger partial charge is 0.458 e. The molecule has 5 aliphatic heterocycles. The molecule has 8 fully saturated rings. The van der Waals surface area contributed by atoms with Crippen molar-refractivity contribution in [2.75, 3.05) is 35.0 Å². The van der Waals surface area contributed by atoms with Crippen LogP contribution >= 0.6 is 0 Å². The molecular weight excluding hydrogens is 1140 g/mol. The third kappa shape index (κ3) is 13.4. The smallest absolute Gasteiger partial charge is 0.306 e. The van der Waals surface area contributed by atoms with Gasteiger partial charge in [-0.3, -0.25) is 14.4 Å². The molecule has 0 aromatic carbocycles. The molecule has 31 atom stereocenters. The number of Topliss-reactive ketones (excluding diaryl/α,β-unsaturated/α-hetero) is 1. The van der Waals surface area contributed by atoms with E-state index in [-0.39, 0.29) is 36.6 Å². The molecule has 0 unspecified atom stereocenters. The standard InChI is InChI=1S/C62H100O25/c1-27(2)21-42(66)83-57-55(80-33(8)65)46-37(62(71)20-18-36(28(3)64)61(57,62)10)16-15-34-22-35(17-19-60(34,46)9)81-43-23-38(72-11)51(29(4)76-43)84-44-24-39(73-12)52(30(5)77-44)85-45-25-40(74-13)53(31(6)78-45)86-59-50(70)56(75-14)54(32(7)79-59)87-58-49(69)48(68)47(67)41(26-63)82-58/h15,27,29-32,35-41,43-59,63,67-71H,16-26H2,1-14H3/t29-,30-,31-,32-,35-,36-,37-,38+,39+,40-,41-,43+,44+,45+,46-,47-,48+,49-,50-,51-,52-,53-,54-,55+,56+,57-,58+,59+,60+,61+,62+/m1/s1. The number of fused-ring (bicyclic) bond motifs is 5. The zero-order valence-electron chi connectivity index (χ0n) is 53.0. The lowest BCUT2D eigenvalue weighted by molar-refractivity contribution is -0.374. The highest BCUT2D eigenvalue weighted by Crippen LogP contribution is 2.69. The Labute approximate surface area is 510 Å². The summed E-state index contributed by atoms with van der Waals surface area (Å²) in [5.74, 6) is -2.45. The van der Waals surface area contributed by atoms with Crippen LogP contribution in [0.5, 0.6) is 0 Å². The van der Waals surface area contributed by atoms with Crippen LogP contribution in [0.25, 0.3) is 0 Å². The first-order valence-electron chi connectivity index (χ1n) is 31.4. The molecule has 9 aliphatic rings. The van der Waals surface area contributed by atoms with Gasteiger partial charge in [0.25, 0.3) is 0 Å². The number of ketones is 1. The highest BCUT2D eigenvalue weighted by atomic mass is 16.8. The molecule has 5 saturated heterocycles. The Balaban J connectivity index is 0.790. The fraction of sp³-hybridized carbons (Fsp3) is 0.919. The van der Waals surface area contributed by atoms with Crippen LogP contribution in [-0.2, 0) is 90.2 Å². The van der Waals surface area contributed by atoms with Gasteiger partial charge in [-0.2, -0.15) is 0 Å². The predicted molar refractivity (Wildman–Crippen MR) is 302 cm³/mol. The Kier molecular flexibility index (Phi) is 22.2. The average molecular weight is 1250 g/mol. The Bertz CT molecular complexity index is 2360. The Morgan fingerprint density at radius 3 is 1.67 bits per heavy atom. The summed E-state index contributed by atoms with van der Waals surface area (Å²) in [5.41, 5.74) is -2.01. The number of carbonyl (C=O) groups excluding carboxylic acids is 3. The molecule has 4 aliphatic carbocycles. The molecular formula is C62H100O25. The van der Waals surface area contributed by atoms with Crippen molar-refractivity contribution < 1.29 is 121 Å². The van der Waals surface area contributed by atoms with E-state index >= 15 is 0 Å². The minimum atomic E-state index is -1.68. The quantitative estimate of drug-likeness (QED) is 0.0754. The van der Waals surface area contributed by atoms with Crippen molar-refractivity contribution >= 4 is 17.7 Å². The lowest BCUT2D eigenvalue weighted by Crippen LogP contribution is -2.72. The maximum Gasteiger partial charge on any atom is 0.306 e. The first-order valence-corrected chi connectivity index (χ1v) is 31.4. The van der Waals surface area contributed by atoms with Crippen LogP contribution < -0.4 is 0 Å². The van der Waals surface area contributed by atoms with Gasteiger partial charge in [-0.15, -0.1) is 0 Å². The summed E-state index contributed by atoms with van der Waals surface area (Å²) >= 11 is 0. The summed E-state index contributed by atoms with van der Waals surface area (Å²) in [4.78, 5) is 40.1. The summed E-state index contributed by atoms with van der Waals surface area (Å²) < 4.78 is 100. The number of allylic oxidation sites excluding steroid dienone is 1. The summed E-state index contributed by atoms with van der Waals surface area (Å²) in [7, 11) is 6.13. The molecule has 25 heteroatoms. The monoisotopic (exact) mass is 1240 g/mol. The van der Waals surface area contributed by atoms with Crippen molar-refractivity contribution in [3.05, 3.63) is 11.6 Å². The third-order valence-corrected chi connectivity index (χ3v) is 21.1. The molecule has 5 heterocycles. The average Bonchev–Trinajstić information content (AvgIpc) is 1.99. The number of hydrogen-bond acceptors (Lipinski definition) is 25. The molecule has 6 N–H and O–H groups in total. The van der Waals surface area contributed by atoms with E-state index in [0.717, 1.165) is 5.57 Å². The van der Waals surface area contributed by atoms with Crippen LogP contribution in [-0.4, -0.2) is 243 Å². The molecule has 25 nitrogen and oxygen atoms in total. The second-order valence-electron chi connectivity index (χ2n) is 26.8. The van der Waals surface area contributed by atoms with E-state index in [1.54, 1.807) is 28.1 Å². The first-order chi connectivity index (χ1) is 41.2. The Morgan fingerprint density at radius 1 is 0.621 bits per heavy atom. The molecule has 9 rings (SSSR count). The molecule has 3 saturated carbocycles. The Morgan fingerprint density at radius 2 is 1.15 bits per heavy atom. The second kappa shape index (κ2) is 28.0. The highest BCUT2D eigenvalue weighted by molar-refractivity contribution is 5.80. The SMILES string of the molecule is CO[C@H]1[C@@H](O)[C@H](O[C@@H]2[C@@H](C)O[C@@H](O[C@H]3[C@@H](OC)C[C@H](O[C@H]4[C@@H](OC)C[C@H](O[C@@H]5CC[C@@]6(C)C(=CC[C@@H]7[C@@H]6[C@H](OC(C)=O)[C@@H](OC(=O)CC(C)C)[C@]6(C)[C@@H](C(C)=O)CC[C@]76O)C5)O[C@@H]4C)O[C@@H]3C)C[C@H]2OC)O[C@H](C)[C@H]1O[C@@H]1O[C@H](CO)[C@@H](O)[C@H](O)[C@H]1O. The number of carbonyl (C=O) groups is 3.